The molecule has 1 aromatic rings. The quantitative estimate of drug-likeness (QED) is 0.865. The molecule has 0 bridgehead atoms. The predicted molar refractivity (Wildman–Crippen MR) is 67.1 cm³/mol. The largest absolute Gasteiger partial charge is 0.433 e. The first-order chi connectivity index (χ1) is 8.82. The van der Waals surface area contributed by atoms with Crippen LogP contribution in [0, 0.1) is 0 Å². The second kappa shape index (κ2) is 4.86. The zero-order valence-corrected chi connectivity index (χ0v) is 10.9. The molecule has 0 atom stereocenters. The van der Waals surface area contributed by atoms with Gasteiger partial charge in [0.05, 0.1) is 0 Å². The fourth-order valence-electron chi connectivity index (χ4n) is 1.59. The van der Waals surface area contributed by atoms with Crippen molar-refractivity contribution in [3.05, 3.63) is 11.8 Å². The molecule has 2 N–H and O–H groups in total. The molecule has 0 saturated heterocycles. The molecule has 1 saturated carbocycles. The SMILES string of the molecule is CCCNc1nc(NC2(C)CC2)cc(C(F)(F)F)n1. The molecular formula is C12H17F3N4. The minimum atomic E-state index is -4.47. The Morgan fingerprint density at radius 1 is 1.32 bits per heavy atom. The average Bonchev–Trinajstić information content (AvgIpc) is 3.02. The molecule has 0 spiro atoms. The Bertz CT molecular complexity index is 455. The number of halogens is 3. The lowest BCUT2D eigenvalue weighted by Gasteiger charge is -2.15. The maximum atomic E-state index is 12.8. The van der Waals surface area contributed by atoms with E-state index in [4.69, 9.17) is 0 Å². The van der Waals surface area contributed by atoms with E-state index in [1.807, 2.05) is 13.8 Å². The van der Waals surface area contributed by atoms with Gasteiger partial charge in [0.1, 0.15) is 5.82 Å². The van der Waals surface area contributed by atoms with Gasteiger partial charge in [-0.15, -0.1) is 0 Å². The zero-order valence-electron chi connectivity index (χ0n) is 10.9. The Morgan fingerprint density at radius 3 is 2.53 bits per heavy atom. The lowest BCUT2D eigenvalue weighted by molar-refractivity contribution is -0.141. The van der Waals surface area contributed by atoms with Crippen molar-refractivity contribution in [2.75, 3.05) is 17.2 Å². The van der Waals surface area contributed by atoms with E-state index < -0.39 is 11.9 Å². The summed E-state index contributed by atoms with van der Waals surface area (Å²) in [5, 5.41) is 5.82. The topological polar surface area (TPSA) is 49.8 Å². The van der Waals surface area contributed by atoms with Crippen molar-refractivity contribution in [3.63, 3.8) is 0 Å². The third kappa shape index (κ3) is 3.71. The molecule has 1 aliphatic carbocycles. The van der Waals surface area contributed by atoms with Crippen molar-refractivity contribution in [1.82, 2.24) is 9.97 Å². The van der Waals surface area contributed by atoms with E-state index in [9.17, 15) is 13.2 Å². The Morgan fingerprint density at radius 2 is 2.00 bits per heavy atom. The van der Waals surface area contributed by atoms with Gasteiger partial charge in [0, 0.05) is 18.2 Å². The molecule has 4 nitrogen and oxygen atoms in total. The number of hydrogen-bond donors (Lipinski definition) is 2. The molecule has 0 amide bonds. The molecule has 1 fully saturated rings. The van der Waals surface area contributed by atoms with Crippen molar-refractivity contribution < 1.29 is 13.2 Å². The number of anilines is 2. The molecule has 1 aliphatic rings. The van der Waals surface area contributed by atoms with E-state index in [0.29, 0.717) is 6.54 Å². The van der Waals surface area contributed by atoms with Gasteiger partial charge in [-0.2, -0.15) is 18.2 Å². The highest BCUT2D eigenvalue weighted by Gasteiger charge is 2.39. The van der Waals surface area contributed by atoms with Gasteiger partial charge < -0.3 is 10.6 Å². The molecule has 0 radical (unpaired) electrons. The van der Waals surface area contributed by atoms with Crippen LogP contribution in [0.4, 0.5) is 24.9 Å². The van der Waals surface area contributed by atoms with Crippen molar-refractivity contribution in [2.24, 2.45) is 0 Å². The Labute approximate surface area is 109 Å². The molecule has 0 aromatic carbocycles. The summed E-state index contributed by atoms with van der Waals surface area (Å²) < 4.78 is 38.3. The van der Waals surface area contributed by atoms with E-state index in [0.717, 1.165) is 25.3 Å². The molecule has 1 heterocycles. The number of rotatable bonds is 5. The number of nitrogens with one attached hydrogen (secondary N) is 2. The summed E-state index contributed by atoms with van der Waals surface area (Å²) in [6, 6.07) is 0.959. The Hall–Kier alpha value is -1.53. The fourth-order valence-corrected chi connectivity index (χ4v) is 1.59. The molecule has 1 aromatic heterocycles. The normalized spacial score (nSPS) is 17.1. The molecule has 0 unspecified atom stereocenters. The minimum absolute atomic E-state index is 0.0171. The van der Waals surface area contributed by atoms with Crippen LogP contribution < -0.4 is 10.6 Å². The standard InChI is InChI=1S/C12H17F3N4/c1-3-6-16-10-17-8(12(13,14)15)7-9(18-10)19-11(2)4-5-11/h7H,3-6H2,1-2H3,(H2,16,17,18,19). The number of nitrogens with zero attached hydrogens (tertiary/aromatic N) is 2. The average molecular weight is 274 g/mol. The number of hydrogen-bond acceptors (Lipinski definition) is 4. The summed E-state index contributed by atoms with van der Waals surface area (Å²) in [5.74, 6) is 0.240. The van der Waals surface area contributed by atoms with Gasteiger partial charge in [-0.05, 0) is 26.2 Å². The summed E-state index contributed by atoms with van der Waals surface area (Å²) in [5.41, 5.74) is -1.05. The molecule has 0 aliphatic heterocycles. The van der Waals surface area contributed by atoms with Crippen LogP contribution in [0.2, 0.25) is 0 Å². The van der Waals surface area contributed by atoms with Crippen LogP contribution >= 0.6 is 0 Å². The van der Waals surface area contributed by atoms with Crippen LogP contribution in [0.1, 0.15) is 38.8 Å². The van der Waals surface area contributed by atoms with E-state index in [2.05, 4.69) is 20.6 Å². The minimum Gasteiger partial charge on any atom is -0.365 e. The summed E-state index contributed by atoms with van der Waals surface area (Å²) >= 11 is 0. The molecular weight excluding hydrogens is 257 g/mol. The number of alkyl halides is 3. The first-order valence-electron chi connectivity index (χ1n) is 6.31. The van der Waals surface area contributed by atoms with Gasteiger partial charge >= 0.3 is 6.18 Å². The van der Waals surface area contributed by atoms with E-state index in [1.165, 1.54) is 0 Å². The van der Waals surface area contributed by atoms with E-state index in [1.54, 1.807) is 0 Å². The zero-order chi connectivity index (χ0) is 14.1. The van der Waals surface area contributed by atoms with Crippen LogP contribution in [-0.4, -0.2) is 22.1 Å². The lowest BCUT2D eigenvalue weighted by atomic mass is 10.3. The fraction of sp³-hybridized carbons (Fsp3) is 0.667. The first-order valence-corrected chi connectivity index (χ1v) is 6.31. The summed E-state index contributed by atoms with van der Waals surface area (Å²) in [6.07, 6.45) is -1.79. The lowest BCUT2D eigenvalue weighted by Crippen LogP contribution is -2.20. The van der Waals surface area contributed by atoms with Gasteiger partial charge in [0.25, 0.3) is 0 Å². The van der Waals surface area contributed by atoms with Gasteiger partial charge in [-0.25, -0.2) is 4.98 Å². The van der Waals surface area contributed by atoms with Crippen LogP contribution in [0.15, 0.2) is 6.07 Å². The van der Waals surface area contributed by atoms with Crippen molar-refractivity contribution >= 4 is 11.8 Å². The highest BCUT2D eigenvalue weighted by Crippen LogP contribution is 2.38. The first kappa shape index (κ1) is 13.9. The highest BCUT2D eigenvalue weighted by molar-refractivity contribution is 5.46. The molecule has 2 rings (SSSR count). The summed E-state index contributed by atoms with van der Waals surface area (Å²) in [4.78, 5) is 7.58. The van der Waals surface area contributed by atoms with Crippen LogP contribution in [0.25, 0.3) is 0 Å². The second-order valence-electron chi connectivity index (χ2n) is 5.07. The van der Waals surface area contributed by atoms with Crippen LogP contribution in [-0.2, 0) is 6.18 Å². The van der Waals surface area contributed by atoms with Gasteiger partial charge in [-0.1, -0.05) is 6.92 Å². The van der Waals surface area contributed by atoms with Crippen LogP contribution in [0.5, 0.6) is 0 Å². The molecule has 7 heteroatoms. The van der Waals surface area contributed by atoms with Gasteiger partial charge in [-0.3, -0.25) is 0 Å². The third-order valence-electron chi connectivity index (χ3n) is 2.98. The van der Waals surface area contributed by atoms with Crippen molar-refractivity contribution in [3.8, 4) is 0 Å². The van der Waals surface area contributed by atoms with E-state index >= 15 is 0 Å². The molecule has 19 heavy (non-hydrogen) atoms. The third-order valence-corrected chi connectivity index (χ3v) is 2.98. The smallest absolute Gasteiger partial charge is 0.365 e. The Kier molecular flexibility index (Phi) is 3.56. The summed E-state index contributed by atoms with van der Waals surface area (Å²) in [7, 11) is 0. The van der Waals surface area contributed by atoms with Gasteiger partial charge in [0.15, 0.2) is 5.69 Å². The highest BCUT2D eigenvalue weighted by atomic mass is 19.4. The molecule has 106 valence electrons. The van der Waals surface area contributed by atoms with Crippen LogP contribution in [0.3, 0.4) is 0 Å². The van der Waals surface area contributed by atoms with Crippen molar-refractivity contribution in [1.29, 1.82) is 0 Å². The maximum absolute atomic E-state index is 12.8. The van der Waals surface area contributed by atoms with Gasteiger partial charge in [0.2, 0.25) is 5.95 Å². The summed E-state index contributed by atoms with van der Waals surface area (Å²) in [6.45, 7) is 4.42. The van der Waals surface area contributed by atoms with E-state index in [-0.39, 0.29) is 17.3 Å². The second-order valence-corrected chi connectivity index (χ2v) is 5.07. The Balaban J connectivity index is 2.25. The maximum Gasteiger partial charge on any atom is 0.433 e. The predicted octanol–water partition coefficient (Wildman–Crippen LogP) is 3.28. The number of aromatic nitrogens is 2. The van der Waals surface area contributed by atoms with Crippen molar-refractivity contribution in [2.45, 2.75) is 44.8 Å². The monoisotopic (exact) mass is 274 g/mol.